The highest BCUT2D eigenvalue weighted by molar-refractivity contribution is 14.0. The second-order valence-electron chi connectivity index (χ2n) is 6.98. The van der Waals surface area contributed by atoms with Gasteiger partial charge in [-0.05, 0) is 49.8 Å². The molecular weight excluding hydrogens is 535 g/mol. The quantitative estimate of drug-likeness (QED) is 0.175. The Kier molecular flexibility index (Phi) is 12.0. The second kappa shape index (κ2) is 13.4. The first-order chi connectivity index (χ1) is 13.1. The molecule has 0 unspecified atom stereocenters. The second-order valence-corrected chi connectivity index (χ2v) is 7.90. The number of hydrogen-bond acceptors (Lipinski definition) is 3. The largest absolute Gasteiger partial charge is 0.385 e. The van der Waals surface area contributed by atoms with Gasteiger partial charge in [-0.2, -0.15) is 0 Å². The average Bonchev–Trinajstić information content (AvgIpc) is 2.63. The lowest BCUT2D eigenvalue weighted by Crippen LogP contribution is -2.43. The number of amides is 1. The van der Waals surface area contributed by atoms with Gasteiger partial charge >= 0.3 is 0 Å². The summed E-state index contributed by atoms with van der Waals surface area (Å²) in [6.07, 6.45) is 4.80. The minimum Gasteiger partial charge on any atom is -0.385 e. The number of nitrogens with zero attached hydrogens (tertiary/aromatic N) is 1. The van der Waals surface area contributed by atoms with E-state index >= 15 is 0 Å². The number of aliphatic imine (C=N–C) groups is 1. The molecule has 0 aliphatic heterocycles. The molecule has 158 valence electrons. The fraction of sp³-hybridized carbons (Fsp3) is 0.600. The first kappa shape index (κ1) is 25.2. The van der Waals surface area contributed by atoms with Crippen molar-refractivity contribution >= 4 is 51.8 Å². The maximum Gasteiger partial charge on any atom is 0.251 e. The molecule has 1 aromatic carbocycles. The molecule has 0 bridgehead atoms. The lowest BCUT2D eigenvalue weighted by atomic mass is 9.67. The topological polar surface area (TPSA) is 74.8 Å². The fourth-order valence-corrected chi connectivity index (χ4v) is 3.56. The summed E-state index contributed by atoms with van der Waals surface area (Å²) in [6, 6.07) is 7.37. The summed E-state index contributed by atoms with van der Waals surface area (Å²) < 4.78 is 6.15. The van der Waals surface area contributed by atoms with Crippen LogP contribution in [0.25, 0.3) is 0 Å². The number of benzene rings is 1. The van der Waals surface area contributed by atoms with Crippen LogP contribution in [0.4, 0.5) is 0 Å². The van der Waals surface area contributed by atoms with E-state index in [1.807, 2.05) is 18.2 Å². The molecule has 0 atom stereocenters. The molecule has 8 heteroatoms. The van der Waals surface area contributed by atoms with E-state index < -0.39 is 0 Å². The third kappa shape index (κ3) is 8.24. The highest BCUT2D eigenvalue weighted by Gasteiger charge is 2.36. The van der Waals surface area contributed by atoms with E-state index in [0.29, 0.717) is 24.1 Å². The zero-order valence-corrected chi connectivity index (χ0v) is 20.6. The van der Waals surface area contributed by atoms with Gasteiger partial charge in [-0.25, -0.2) is 0 Å². The zero-order chi connectivity index (χ0) is 19.5. The number of methoxy groups -OCH3 is 1. The van der Waals surface area contributed by atoms with Crippen molar-refractivity contribution in [2.75, 3.05) is 39.9 Å². The van der Waals surface area contributed by atoms with Crippen LogP contribution < -0.4 is 16.0 Å². The first-order valence-electron chi connectivity index (χ1n) is 9.63. The number of nitrogens with one attached hydrogen (secondary N) is 3. The van der Waals surface area contributed by atoms with E-state index in [9.17, 15) is 4.79 Å². The first-order valence-corrected chi connectivity index (χ1v) is 10.4. The van der Waals surface area contributed by atoms with E-state index in [0.717, 1.165) is 36.5 Å². The molecule has 0 heterocycles. The van der Waals surface area contributed by atoms with Crippen molar-refractivity contribution in [2.24, 2.45) is 10.4 Å². The van der Waals surface area contributed by atoms with Gasteiger partial charge in [0.05, 0.1) is 0 Å². The van der Waals surface area contributed by atoms with Gasteiger partial charge in [0.15, 0.2) is 5.96 Å². The standard InChI is InChI=1S/C20H31BrN4O2.HI/c1-3-22-19(25-15-20(8-5-9-20)10-13-27-2)24-12-11-23-18(26)16-6-4-7-17(21)14-16;/h4,6-7,14H,3,5,8-13,15H2,1-2H3,(H,23,26)(H2,22,24,25);1H. The summed E-state index contributed by atoms with van der Waals surface area (Å²) in [5.74, 6) is 0.728. The summed E-state index contributed by atoms with van der Waals surface area (Å²) in [4.78, 5) is 16.9. The van der Waals surface area contributed by atoms with Crippen LogP contribution in [0.3, 0.4) is 0 Å². The number of rotatable bonds is 10. The van der Waals surface area contributed by atoms with E-state index in [-0.39, 0.29) is 29.9 Å². The van der Waals surface area contributed by atoms with Crippen LogP contribution in [-0.4, -0.2) is 51.8 Å². The molecule has 3 N–H and O–H groups in total. The average molecular weight is 567 g/mol. The molecule has 0 radical (unpaired) electrons. The van der Waals surface area contributed by atoms with Crippen LogP contribution in [-0.2, 0) is 4.74 Å². The molecule has 6 nitrogen and oxygen atoms in total. The summed E-state index contributed by atoms with van der Waals surface area (Å²) in [6.45, 7) is 5.62. The van der Waals surface area contributed by atoms with Crippen LogP contribution in [0.2, 0.25) is 0 Å². The van der Waals surface area contributed by atoms with Crippen LogP contribution in [0.1, 0.15) is 43.0 Å². The van der Waals surface area contributed by atoms with Gasteiger partial charge in [0, 0.05) is 49.9 Å². The Morgan fingerprint density at radius 3 is 2.61 bits per heavy atom. The summed E-state index contributed by atoms with van der Waals surface area (Å²) >= 11 is 3.38. The van der Waals surface area contributed by atoms with E-state index in [1.165, 1.54) is 19.3 Å². The number of carbonyl (C=O) groups excluding carboxylic acids is 1. The van der Waals surface area contributed by atoms with Gasteiger partial charge in [-0.15, -0.1) is 24.0 Å². The van der Waals surface area contributed by atoms with Crippen LogP contribution in [0.15, 0.2) is 33.7 Å². The Morgan fingerprint density at radius 1 is 1.25 bits per heavy atom. The number of halogens is 2. The summed E-state index contributed by atoms with van der Waals surface area (Å²) in [5, 5.41) is 9.50. The predicted octanol–water partition coefficient (Wildman–Crippen LogP) is 3.56. The fourth-order valence-electron chi connectivity index (χ4n) is 3.16. The van der Waals surface area contributed by atoms with Crippen molar-refractivity contribution in [3.05, 3.63) is 34.3 Å². The third-order valence-corrected chi connectivity index (χ3v) is 5.45. The van der Waals surface area contributed by atoms with E-state index in [2.05, 4.69) is 38.8 Å². The van der Waals surface area contributed by atoms with Crippen molar-refractivity contribution in [1.82, 2.24) is 16.0 Å². The minimum absolute atomic E-state index is 0. The Bertz CT molecular complexity index is 638. The number of ether oxygens (including phenoxy) is 1. The highest BCUT2D eigenvalue weighted by Crippen LogP contribution is 2.44. The van der Waals surface area contributed by atoms with Gasteiger partial charge in [-0.1, -0.05) is 28.4 Å². The lowest BCUT2D eigenvalue weighted by Gasteiger charge is -2.40. The minimum atomic E-state index is -0.0759. The van der Waals surface area contributed by atoms with Crippen LogP contribution >= 0.6 is 39.9 Å². The van der Waals surface area contributed by atoms with Gasteiger partial charge in [0.25, 0.3) is 5.91 Å². The number of carbonyl (C=O) groups is 1. The molecule has 1 fully saturated rings. The lowest BCUT2D eigenvalue weighted by molar-refractivity contribution is 0.0778. The van der Waals surface area contributed by atoms with Crippen molar-refractivity contribution < 1.29 is 9.53 Å². The molecule has 1 amide bonds. The SMILES string of the molecule is CCNC(=NCC1(CCOC)CCC1)NCCNC(=O)c1cccc(Br)c1.I. The molecule has 1 aromatic rings. The number of hydrogen-bond donors (Lipinski definition) is 3. The Hall–Kier alpha value is -0.870. The normalized spacial score (nSPS) is 15.2. The maximum absolute atomic E-state index is 12.2. The molecule has 1 saturated carbocycles. The van der Waals surface area contributed by atoms with Crippen LogP contribution in [0.5, 0.6) is 0 Å². The summed E-state index contributed by atoms with van der Waals surface area (Å²) in [5.41, 5.74) is 0.947. The molecule has 0 aromatic heterocycles. The maximum atomic E-state index is 12.2. The Labute approximate surface area is 193 Å². The van der Waals surface area contributed by atoms with Crippen molar-refractivity contribution in [2.45, 2.75) is 32.6 Å². The molecule has 0 saturated heterocycles. The van der Waals surface area contributed by atoms with Crippen molar-refractivity contribution in [1.29, 1.82) is 0 Å². The monoisotopic (exact) mass is 566 g/mol. The molecule has 2 rings (SSSR count). The van der Waals surface area contributed by atoms with Gasteiger partial charge < -0.3 is 20.7 Å². The van der Waals surface area contributed by atoms with Gasteiger partial charge in [0.1, 0.15) is 0 Å². The smallest absolute Gasteiger partial charge is 0.251 e. The van der Waals surface area contributed by atoms with E-state index in [1.54, 1.807) is 13.2 Å². The van der Waals surface area contributed by atoms with Crippen molar-refractivity contribution in [3.63, 3.8) is 0 Å². The molecule has 1 aliphatic carbocycles. The zero-order valence-electron chi connectivity index (χ0n) is 16.7. The Balaban J connectivity index is 0.00000392. The molecule has 1 aliphatic rings. The van der Waals surface area contributed by atoms with Gasteiger partial charge in [0.2, 0.25) is 0 Å². The molecule has 28 heavy (non-hydrogen) atoms. The highest BCUT2D eigenvalue weighted by atomic mass is 127. The van der Waals surface area contributed by atoms with E-state index in [4.69, 9.17) is 9.73 Å². The van der Waals surface area contributed by atoms with Gasteiger partial charge in [-0.3, -0.25) is 9.79 Å². The predicted molar refractivity (Wildman–Crippen MR) is 129 cm³/mol. The summed E-state index contributed by atoms with van der Waals surface area (Å²) in [7, 11) is 1.75. The third-order valence-electron chi connectivity index (χ3n) is 4.96. The van der Waals surface area contributed by atoms with Crippen molar-refractivity contribution in [3.8, 4) is 0 Å². The Morgan fingerprint density at radius 2 is 2.00 bits per heavy atom. The molecular formula is C20H32BrIN4O2. The van der Waals surface area contributed by atoms with Crippen LogP contribution in [0, 0.1) is 5.41 Å². The number of guanidine groups is 1. The molecule has 0 spiro atoms.